The van der Waals surface area contributed by atoms with Gasteiger partial charge in [-0.2, -0.15) is 0 Å². The topological polar surface area (TPSA) is 89.3 Å². The Kier molecular flexibility index (Phi) is 7.62. The number of carboxylic acids is 1. The molecular weight excluding hydrogens is 204 g/mol. The molecule has 0 aromatic carbocycles. The molecular formula is C12H28N2O2. The molecule has 0 spiro atoms. The molecule has 0 saturated carbocycles. The summed E-state index contributed by atoms with van der Waals surface area (Å²) in [7, 11) is 0. The fraction of sp³-hybridized carbons (Fsp3) is 0.917. The van der Waals surface area contributed by atoms with Crippen LogP contribution in [0.2, 0.25) is 0 Å². The second-order valence-corrected chi connectivity index (χ2v) is 5.21. The maximum Gasteiger partial charge on any atom is 0.300 e. The standard InChI is InChI=1S/C10H24N2.C2H4O2/c1-6-7-8(2)9(3,4)10(5,11)12;1-2(3)4/h8H,6-7,11-12H2,1-5H3;1H3,(H,3,4). The second kappa shape index (κ2) is 6.86. The van der Waals surface area contributed by atoms with Crippen molar-refractivity contribution in [3.8, 4) is 0 Å². The van der Waals surface area contributed by atoms with Crippen molar-refractivity contribution >= 4 is 5.97 Å². The lowest BCUT2D eigenvalue weighted by Crippen LogP contribution is -2.60. The molecule has 1 atom stereocenters. The van der Waals surface area contributed by atoms with Crippen molar-refractivity contribution in [3.63, 3.8) is 0 Å². The van der Waals surface area contributed by atoms with Crippen LogP contribution in [0.1, 0.15) is 54.4 Å². The van der Waals surface area contributed by atoms with Crippen molar-refractivity contribution < 1.29 is 9.90 Å². The van der Waals surface area contributed by atoms with Crippen LogP contribution >= 0.6 is 0 Å². The van der Waals surface area contributed by atoms with Gasteiger partial charge in [-0.05, 0) is 18.3 Å². The first kappa shape index (κ1) is 17.8. The van der Waals surface area contributed by atoms with Crippen molar-refractivity contribution in [2.24, 2.45) is 22.8 Å². The zero-order valence-electron chi connectivity index (χ0n) is 11.5. The van der Waals surface area contributed by atoms with E-state index in [4.69, 9.17) is 21.4 Å². The molecule has 0 saturated heterocycles. The highest BCUT2D eigenvalue weighted by Gasteiger charge is 2.38. The van der Waals surface area contributed by atoms with Gasteiger partial charge in [-0.3, -0.25) is 4.79 Å². The molecule has 4 nitrogen and oxygen atoms in total. The summed E-state index contributed by atoms with van der Waals surface area (Å²) in [5.74, 6) is -0.262. The van der Waals surface area contributed by atoms with E-state index < -0.39 is 11.6 Å². The molecule has 4 heteroatoms. The Labute approximate surface area is 99.4 Å². The van der Waals surface area contributed by atoms with Gasteiger partial charge in [0.1, 0.15) is 0 Å². The highest BCUT2D eigenvalue weighted by Crippen LogP contribution is 2.36. The number of carboxylic acid groups (broad SMARTS) is 1. The minimum absolute atomic E-state index is 0.00299. The normalized spacial score (nSPS) is 13.8. The third-order valence-corrected chi connectivity index (χ3v) is 3.34. The average Bonchev–Trinajstić information content (AvgIpc) is 2.01. The number of nitrogens with two attached hydrogens (primary N) is 2. The van der Waals surface area contributed by atoms with E-state index in [0.717, 1.165) is 6.92 Å². The summed E-state index contributed by atoms with van der Waals surface area (Å²) in [4.78, 5) is 9.00. The van der Waals surface area contributed by atoms with Crippen LogP contribution in [-0.2, 0) is 4.79 Å². The summed E-state index contributed by atoms with van der Waals surface area (Å²) in [5, 5.41) is 7.42. The monoisotopic (exact) mass is 232 g/mol. The molecule has 0 aliphatic heterocycles. The highest BCUT2D eigenvalue weighted by atomic mass is 16.4. The van der Waals surface area contributed by atoms with E-state index in [1.54, 1.807) is 0 Å². The van der Waals surface area contributed by atoms with Gasteiger partial charge in [-0.25, -0.2) is 0 Å². The van der Waals surface area contributed by atoms with Gasteiger partial charge < -0.3 is 16.6 Å². The Morgan fingerprint density at radius 1 is 1.31 bits per heavy atom. The minimum atomic E-state index is -0.833. The molecule has 5 N–H and O–H groups in total. The second-order valence-electron chi connectivity index (χ2n) is 5.21. The van der Waals surface area contributed by atoms with Gasteiger partial charge >= 0.3 is 0 Å². The maximum absolute atomic E-state index is 9.00. The van der Waals surface area contributed by atoms with Gasteiger partial charge in [0.2, 0.25) is 0 Å². The van der Waals surface area contributed by atoms with E-state index in [1.165, 1.54) is 12.8 Å². The van der Waals surface area contributed by atoms with Gasteiger partial charge in [-0.15, -0.1) is 0 Å². The molecule has 0 aliphatic carbocycles. The van der Waals surface area contributed by atoms with Crippen LogP contribution in [-0.4, -0.2) is 16.7 Å². The molecule has 1 unspecified atom stereocenters. The van der Waals surface area contributed by atoms with Gasteiger partial charge in [0.15, 0.2) is 0 Å². The van der Waals surface area contributed by atoms with Gasteiger partial charge in [0.05, 0.1) is 5.66 Å². The maximum atomic E-state index is 9.00. The van der Waals surface area contributed by atoms with Crippen molar-refractivity contribution in [1.82, 2.24) is 0 Å². The third-order valence-electron chi connectivity index (χ3n) is 3.34. The number of rotatable bonds is 4. The van der Waals surface area contributed by atoms with Crippen LogP contribution in [0.5, 0.6) is 0 Å². The molecule has 98 valence electrons. The molecule has 16 heavy (non-hydrogen) atoms. The lowest BCUT2D eigenvalue weighted by molar-refractivity contribution is -0.134. The lowest BCUT2D eigenvalue weighted by atomic mass is 9.69. The van der Waals surface area contributed by atoms with E-state index in [2.05, 4.69) is 27.7 Å². The van der Waals surface area contributed by atoms with Crippen LogP contribution in [0.3, 0.4) is 0 Å². The van der Waals surface area contributed by atoms with Crippen molar-refractivity contribution in [1.29, 1.82) is 0 Å². The number of carbonyl (C=O) groups is 1. The highest BCUT2D eigenvalue weighted by molar-refractivity contribution is 5.62. The van der Waals surface area contributed by atoms with Crippen molar-refractivity contribution in [2.45, 2.75) is 60.0 Å². The Morgan fingerprint density at radius 3 is 1.81 bits per heavy atom. The Hall–Kier alpha value is -0.610. The predicted molar refractivity (Wildman–Crippen MR) is 67.9 cm³/mol. The first-order valence-electron chi connectivity index (χ1n) is 5.74. The van der Waals surface area contributed by atoms with E-state index in [0.29, 0.717) is 5.92 Å². The summed E-state index contributed by atoms with van der Waals surface area (Å²) in [6, 6.07) is 0. The van der Waals surface area contributed by atoms with E-state index >= 15 is 0 Å². The van der Waals surface area contributed by atoms with Gasteiger partial charge in [0, 0.05) is 6.92 Å². The Balaban J connectivity index is 0. The molecule has 0 rings (SSSR count). The van der Waals surface area contributed by atoms with E-state index in [-0.39, 0.29) is 5.41 Å². The largest absolute Gasteiger partial charge is 0.481 e. The summed E-state index contributed by atoms with van der Waals surface area (Å²) < 4.78 is 0. The first-order valence-corrected chi connectivity index (χ1v) is 5.74. The molecule has 0 fully saturated rings. The molecule has 0 amide bonds. The lowest BCUT2D eigenvalue weighted by Gasteiger charge is -2.43. The quantitative estimate of drug-likeness (QED) is 0.648. The molecule has 0 heterocycles. The number of hydrogen-bond donors (Lipinski definition) is 3. The number of hydrogen-bond acceptors (Lipinski definition) is 3. The SMILES string of the molecule is CC(=O)O.CCCC(C)C(C)(C)C(C)(N)N. The van der Waals surface area contributed by atoms with E-state index in [9.17, 15) is 0 Å². The Bertz CT molecular complexity index is 204. The molecule has 0 bridgehead atoms. The molecule has 0 radical (unpaired) electrons. The average molecular weight is 232 g/mol. The Morgan fingerprint density at radius 2 is 1.62 bits per heavy atom. The zero-order chi connectivity index (χ0) is 13.6. The van der Waals surface area contributed by atoms with Crippen LogP contribution in [0.4, 0.5) is 0 Å². The summed E-state index contributed by atoms with van der Waals surface area (Å²) in [5.41, 5.74) is 11.3. The van der Waals surface area contributed by atoms with E-state index in [1.807, 2.05) is 6.92 Å². The van der Waals surface area contributed by atoms with Gasteiger partial charge in [-0.1, -0.05) is 40.5 Å². The smallest absolute Gasteiger partial charge is 0.300 e. The van der Waals surface area contributed by atoms with Crippen LogP contribution in [0, 0.1) is 11.3 Å². The first-order chi connectivity index (χ1) is 6.96. The number of aliphatic carboxylic acids is 1. The summed E-state index contributed by atoms with van der Waals surface area (Å²) >= 11 is 0. The molecule has 0 aromatic rings. The zero-order valence-corrected chi connectivity index (χ0v) is 11.5. The van der Waals surface area contributed by atoms with Crippen molar-refractivity contribution in [2.75, 3.05) is 0 Å². The van der Waals surface area contributed by atoms with Gasteiger partial charge in [0.25, 0.3) is 5.97 Å². The van der Waals surface area contributed by atoms with Crippen LogP contribution < -0.4 is 11.5 Å². The molecule has 0 aliphatic rings. The fourth-order valence-corrected chi connectivity index (χ4v) is 1.32. The minimum Gasteiger partial charge on any atom is -0.481 e. The summed E-state index contributed by atoms with van der Waals surface area (Å²) in [6.07, 6.45) is 2.39. The molecule has 0 aromatic heterocycles. The summed E-state index contributed by atoms with van der Waals surface area (Å²) in [6.45, 7) is 11.7. The third kappa shape index (κ3) is 6.80. The van der Waals surface area contributed by atoms with Crippen LogP contribution in [0.15, 0.2) is 0 Å². The van der Waals surface area contributed by atoms with Crippen molar-refractivity contribution in [3.05, 3.63) is 0 Å². The predicted octanol–water partition coefficient (Wildman–Crippen LogP) is 2.17. The van der Waals surface area contributed by atoms with Crippen LogP contribution in [0.25, 0.3) is 0 Å². The fourth-order valence-electron chi connectivity index (χ4n) is 1.32.